The summed E-state index contributed by atoms with van der Waals surface area (Å²) < 4.78 is 25.5. The third-order valence-electron chi connectivity index (χ3n) is 5.74. The highest BCUT2D eigenvalue weighted by molar-refractivity contribution is 5.91. The highest BCUT2D eigenvalue weighted by atomic mass is 19.1. The van der Waals surface area contributed by atoms with E-state index in [1.165, 1.54) is 6.07 Å². The normalized spacial score (nSPS) is 15.8. The summed E-state index contributed by atoms with van der Waals surface area (Å²) in [5, 5.41) is 2.92. The first-order chi connectivity index (χ1) is 15.6. The molecule has 6 nitrogen and oxygen atoms in total. The third-order valence-corrected chi connectivity index (χ3v) is 5.74. The van der Waals surface area contributed by atoms with Gasteiger partial charge in [0.05, 0.1) is 12.8 Å². The van der Waals surface area contributed by atoms with Gasteiger partial charge in [-0.15, -0.1) is 0 Å². The molecule has 0 unspecified atom stereocenters. The number of hydrogen-bond acceptors (Lipinski definition) is 4. The van der Waals surface area contributed by atoms with Crippen molar-refractivity contribution in [2.75, 3.05) is 19.0 Å². The SMILES string of the molecule is COc1ccccc1NC(=O)N1CCC[C@@H]1c1nc2cc(-c3ccccc3F)ccc2o1. The monoisotopic (exact) mass is 431 g/mol. The first kappa shape index (κ1) is 20.1. The fraction of sp³-hybridized carbons (Fsp3) is 0.200. The van der Waals surface area contributed by atoms with Crippen LogP contribution < -0.4 is 10.1 Å². The first-order valence-corrected chi connectivity index (χ1v) is 10.5. The molecular formula is C25H22FN3O3. The molecular weight excluding hydrogens is 409 g/mol. The smallest absolute Gasteiger partial charge is 0.322 e. The molecule has 0 spiro atoms. The van der Waals surface area contributed by atoms with Crippen LogP contribution in [-0.2, 0) is 0 Å². The van der Waals surface area contributed by atoms with Crippen LogP contribution in [0.15, 0.2) is 71.1 Å². The molecule has 1 aromatic heterocycles. The molecule has 1 atom stereocenters. The number of halogens is 1. The highest BCUT2D eigenvalue weighted by Gasteiger charge is 2.34. The lowest BCUT2D eigenvalue weighted by molar-refractivity contribution is 0.198. The second kappa shape index (κ2) is 8.34. The Morgan fingerprint density at radius 2 is 1.97 bits per heavy atom. The summed E-state index contributed by atoms with van der Waals surface area (Å²) in [4.78, 5) is 19.4. The number of hydrogen-bond donors (Lipinski definition) is 1. The fourth-order valence-corrected chi connectivity index (χ4v) is 4.15. The van der Waals surface area contributed by atoms with E-state index >= 15 is 0 Å². The van der Waals surface area contributed by atoms with Crippen LogP contribution in [0.3, 0.4) is 0 Å². The Balaban J connectivity index is 1.41. The Labute approximate surface area is 184 Å². The molecule has 0 saturated carbocycles. The molecule has 1 aliphatic rings. The number of likely N-dealkylation sites (tertiary alicyclic amines) is 1. The third kappa shape index (κ3) is 3.66. The predicted octanol–water partition coefficient (Wildman–Crippen LogP) is 6.01. The molecule has 2 heterocycles. The summed E-state index contributed by atoms with van der Waals surface area (Å²) in [7, 11) is 1.57. The van der Waals surface area contributed by atoms with Crippen LogP contribution in [0.4, 0.5) is 14.9 Å². The summed E-state index contributed by atoms with van der Waals surface area (Å²) >= 11 is 0. The zero-order valence-corrected chi connectivity index (χ0v) is 17.5. The number of amides is 2. The van der Waals surface area contributed by atoms with E-state index < -0.39 is 0 Å². The molecule has 1 fully saturated rings. The van der Waals surface area contributed by atoms with E-state index in [-0.39, 0.29) is 17.9 Å². The first-order valence-electron chi connectivity index (χ1n) is 10.5. The Hall–Kier alpha value is -3.87. The molecule has 0 bridgehead atoms. The lowest BCUT2D eigenvalue weighted by atomic mass is 10.0. The van der Waals surface area contributed by atoms with Gasteiger partial charge in [0, 0.05) is 12.1 Å². The number of nitrogens with one attached hydrogen (secondary N) is 1. The molecule has 2 amide bonds. The van der Waals surface area contributed by atoms with Gasteiger partial charge >= 0.3 is 6.03 Å². The van der Waals surface area contributed by atoms with Crippen molar-refractivity contribution < 1.29 is 18.3 Å². The molecule has 3 aromatic carbocycles. The summed E-state index contributed by atoms with van der Waals surface area (Å²) in [6, 6.07) is 18.8. The van der Waals surface area contributed by atoms with Gasteiger partial charge in [0.15, 0.2) is 5.58 Å². The number of benzene rings is 3. The zero-order valence-electron chi connectivity index (χ0n) is 17.5. The highest BCUT2D eigenvalue weighted by Crippen LogP contribution is 2.35. The average molecular weight is 431 g/mol. The van der Waals surface area contributed by atoms with Crippen LogP contribution >= 0.6 is 0 Å². The maximum atomic E-state index is 14.2. The Kier molecular flexibility index (Phi) is 5.23. The molecule has 0 aliphatic carbocycles. The minimum absolute atomic E-state index is 0.230. The Morgan fingerprint density at radius 1 is 1.16 bits per heavy atom. The molecule has 1 N–H and O–H groups in total. The fourth-order valence-electron chi connectivity index (χ4n) is 4.15. The van der Waals surface area contributed by atoms with Crippen LogP contribution in [0.5, 0.6) is 5.75 Å². The topological polar surface area (TPSA) is 67.6 Å². The summed E-state index contributed by atoms with van der Waals surface area (Å²) in [6.07, 6.45) is 1.61. The van der Waals surface area contributed by atoms with Crippen molar-refractivity contribution in [1.82, 2.24) is 9.88 Å². The summed E-state index contributed by atoms with van der Waals surface area (Å²) in [6.45, 7) is 0.602. The number of carbonyl (C=O) groups excluding carboxylic acids is 1. The van der Waals surface area contributed by atoms with E-state index in [1.807, 2.05) is 24.3 Å². The van der Waals surface area contributed by atoms with Crippen LogP contribution in [0.1, 0.15) is 24.8 Å². The molecule has 4 aromatic rings. The van der Waals surface area contributed by atoms with E-state index in [4.69, 9.17) is 9.15 Å². The second-order valence-corrected chi connectivity index (χ2v) is 7.70. The van der Waals surface area contributed by atoms with Gasteiger partial charge in [-0.2, -0.15) is 0 Å². The second-order valence-electron chi connectivity index (χ2n) is 7.70. The van der Waals surface area contributed by atoms with E-state index in [0.717, 1.165) is 18.4 Å². The number of fused-ring (bicyclic) bond motifs is 1. The lowest BCUT2D eigenvalue weighted by Gasteiger charge is -2.23. The van der Waals surface area contributed by atoms with Gasteiger partial charge in [-0.3, -0.25) is 0 Å². The van der Waals surface area contributed by atoms with E-state index in [9.17, 15) is 9.18 Å². The molecule has 1 aliphatic heterocycles. The van der Waals surface area contributed by atoms with E-state index in [2.05, 4.69) is 10.3 Å². The number of urea groups is 1. The minimum Gasteiger partial charge on any atom is -0.495 e. The summed E-state index contributed by atoms with van der Waals surface area (Å²) in [5.41, 5.74) is 3.10. The number of methoxy groups -OCH3 is 1. The van der Waals surface area contributed by atoms with E-state index in [0.29, 0.717) is 40.5 Å². The van der Waals surface area contributed by atoms with Crippen LogP contribution in [0.2, 0.25) is 0 Å². The zero-order chi connectivity index (χ0) is 22.1. The number of oxazole rings is 1. The van der Waals surface area contributed by atoms with Crippen LogP contribution in [0.25, 0.3) is 22.2 Å². The van der Waals surface area contributed by atoms with E-state index in [1.54, 1.807) is 48.4 Å². The summed E-state index contributed by atoms with van der Waals surface area (Å²) in [5.74, 6) is 0.794. The number of para-hydroxylation sites is 2. The molecule has 0 radical (unpaired) electrons. The molecule has 5 rings (SSSR count). The predicted molar refractivity (Wildman–Crippen MR) is 120 cm³/mol. The maximum absolute atomic E-state index is 14.2. The quantitative estimate of drug-likeness (QED) is 0.430. The molecule has 32 heavy (non-hydrogen) atoms. The minimum atomic E-state index is -0.287. The van der Waals surface area contributed by atoms with Crippen LogP contribution in [0, 0.1) is 5.82 Å². The average Bonchev–Trinajstić information content (AvgIpc) is 3.46. The van der Waals surface area contributed by atoms with Crippen molar-refractivity contribution in [1.29, 1.82) is 0 Å². The standard InChI is InChI=1S/C25H22FN3O3/c1-31-22-11-5-4-9-19(22)28-25(30)29-14-6-10-21(29)24-27-20-15-16(12-13-23(20)32-24)17-7-2-3-8-18(17)26/h2-5,7-9,11-13,15,21H,6,10,14H2,1H3,(H,28,30)/t21-/m1/s1. The number of ether oxygens (including phenoxy) is 1. The largest absolute Gasteiger partial charge is 0.495 e. The Bertz CT molecular complexity index is 1290. The van der Waals surface area contributed by atoms with Crippen molar-refractivity contribution in [3.8, 4) is 16.9 Å². The van der Waals surface area contributed by atoms with Gasteiger partial charge in [0.25, 0.3) is 0 Å². The van der Waals surface area contributed by atoms with Gasteiger partial charge in [0.2, 0.25) is 5.89 Å². The van der Waals surface area contributed by atoms with Gasteiger partial charge in [0.1, 0.15) is 23.1 Å². The Morgan fingerprint density at radius 3 is 2.81 bits per heavy atom. The van der Waals surface area contributed by atoms with Gasteiger partial charge < -0.3 is 19.4 Å². The number of aromatic nitrogens is 1. The molecule has 162 valence electrons. The van der Waals surface area contributed by atoms with Gasteiger partial charge in [-0.1, -0.05) is 36.4 Å². The van der Waals surface area contributed by atoms with Gasteiger partial charge in [-0.25, -0.2) is 14.2 Å². The van der Waals surface area contributed by atoms with Crippen molar-refractivity contribution in [2.45, 2.75) is 18.9 Å². The van der Waals surface area contributed by atoms with Crippen molar-refractivity contribution >= 4 is 22.8 Å². The van der Waals surface area contributed by atoms with Crippen LogP contribution in [-0.4, -0.2) is 29.6 Å². The van der Waals surface area contributed by atoms with Gasteiger partial charge in [-0.05, 0) is 48.7 Å². The number of rotatable bonds is 4. The van der Waals surface area contributed by atoms with Crippen molar-refractivity contribution in [2.24, 2.45) is 0 Å². The molecule has 7 heteroatoms. The van der Waals surface area contributed by atoms with Crippen molar-refractivity contribution in [3.05, 3.63) is 78.4 Å². The number of carbonyl (C=O) groups is 1. The van der Waals surface area contributed by atoms with Crippen molar-refractivity contribution in [3.63, 3.8) is 0 Å². The lowest BCUT2D eigenvalue weighted by Crippen LogP contribution is -2.34. The maximum Gasteiger partial charge on any atom is 0.322 e. The molecule has 1 saturated heterocycles. The number of anilines is 1. The number of nitrogens with zero attached hydrogens (tertiary/aromatic N) is 2.